The summed E-state index contributed by atoms with van der Waals surface area (Å²) in [6, 6.07) is 8.07. The highest BCUT2D eigenvalue weighted by molar-refractivity contribution is 9.10. The monoisotopic (exact) mass is 326 g/mol. The second-order valence-corrected chi connectivity index (χ2v) is 5.51. The third-order valence-corrected chi connectivity index (χ3v) is 4.59. The molecule has 1 aromatic carbocycles. The number of hydrogen-bond donors (Lipinski definition) is 2. The summed E-state index contributed by atoms with van der Waals surface area (Å²) < 4.78 is 6.45. The molecule has 1 aromatic heterocycles. The van der Waals surface area contributed by atoms with E-state index < -0.39 is 0 Å². The lowest BCUT2D eigenvalue weighted by atomic mass is 10.0. The van der Waals surface area contributed by atoms with E-state index in [0.29, 0.717) is 0 Å². The molecule has 3 nitrogen and oxygen atoms in total. The first-order valence-corrected chi connectivity index (χ1v) is 7.29. The number of rotatable bonds is 5. The van der Waals surface area contributed by atoms with Crippen LogP contribution in [0, 0.1) is 0 Å². The van der Waals surface area contributed by atoms with Gasteiger partial charge in [-0.2, -0.15) is 11.3 Å². The number of methoxy groups -OCH3 is 1. The molecular formula is C13H15BrN2OS. The Labute approximate surface area is 119 Å². The van der Waals surface area contributed by atoms with Gasteiger partial charge in [-0.1, -0.05) is 18.2 Å². The van der Waals surface area contributed by atoms with Gasteiger partial charge in [0.25, 0.3) is 0 Å². The van der Waals surface area contributed by atoms with Gasteiger partial charge in [-0.25, -0.2) is 0 Å². The summed E-state index contributed by atoms with van der Waals surface area (Å²) in [6.07, 6.45) is 0.788. The van der Waals surface area contributed by atoms with Crippen molar-refractivity contribution in [2.75, 3.05) is 7.11 Å². The highest BCUT2D eigenvalue weighted by Gasteiger charge is 2.16. The molecule has 0 bridgehead atoms. The normalized spacial score (nSPS) is 12.4. The van der Waals surface area contributed by atoms with Gasteiger partial charge in [-0.15, -0.1) is 0 Å². The van der Waals surface area contributed by atoms with Crippen molar-refractivity contribution >= 4 is 27.3 Å². The Hall–Kier alpha value is -0.880. The summed E-state index contributed by atoms with van der Waals surface area (Å²) >= 11 is 5.20. The predicted molar refractivity (Wildman–Crippen MR) is 78.8 cm³/mol. The molecule has 1 heterocycles. The summed E-state index contributed by atoms with van der Waals surface area (Å²) in [5.41, 5.74) is 5.18. The number of hydrogen-bond acceptors (Lipinski definition) is 4. The smallest absolute Gasteiger partial charge is 0.122 e. The van der Waals surface area contributed by atoms with Crippen molar-refractivity contribution in [3.63, 3.8) is 0 Å². The van der Waals surface area contributed by atoms with E-state index >= 15 is 0 Å². The third-order valence-electron chi connectivity index (χ3n) is 2.84. The topological polar surface area (TPSA) is 47.3 Å². The Morgan fingerprint density at radius 3 is 2.78 bits per heavy atom. The van der Waals surface area contributed by atoms with Gasteiger partial charge in [0.2, 0.25) is 0 Å². The minimum Gasteiger partial charge on any atom is -0.496 e. The molecule has 0 fully saturated rings. The number of ether oxygens (including phenoxy) is 1. The molecule has 0 aliphatic carbocycles. The molecule has 96 valence electrons. The van der Waals surface area contributed by atoms with Crippen molar-refractivity contribution in [1.82, 2.24) is 5.43 Å². The number of benzene rings is 1. The minimum absolute atomic E-state index is 0.0712. The molecule has 0 saturated heterocycles. The highest BCUT2D eigenvalue weighted by atomic mass is 79.9. The number of thiophene rings is 1. The second kappa shape index (κ2) is 6.33. The first-order valence-electron chi connectivity index (χ1n) is 5.56. The van der Waals surface area contributed by atoms with Crippen molar-refractivity contribution in [2.45, 2.75) is 12.5 Å². The SMILES string of the molecule is COc1ccccc1CC(NN)c1cscc1Br. The zero-order valence-electron chi connectivity index (χ0n) is 10.0. The third kappa shape index (κ3) is 2.92. The maximum absolute atomic E-state index is 5.67. The van der Waals surface area contributed by atoms with E-state index in [-0.39, 0.29) is 6.04 Å². The van der Waals surface area contributed by atoms with E-state index in [1.54, 1.807) is 18.4 Å². The van der Waals surface area contributed by atoms with Crippen molar-refractivity contribution in [1.29, 1.82) is 0 Å². The van der Waals surface area contributed by atoms with Crippen LogP contribution in [-0.2, 0) is 6.42 Å². The van der Waals surface area contributed by atoms with Gasteiger partial charge in [-0.05, 0) is 44.9 Å². The second-order valence-electron chi connectivity index (χ2n) is 3.91. The molecule has 18 heavy (non-hydrogen) atoms. The van der Waals surface area contributed by atoms with Gasteiger partial charge in [-0.3, -0.25) is 11.3 Å². The minimum atomic E-state index is 0.0712. The van der Waals surface area contributed by atoms with Crippen molar-refractivity contribution in [3.8, 4) is 5.75 Å². The van der Waals surface area contributed by atoms with E-state index in [4.69, 9.17) is 10.6 Å². The highest BCUT2D eigenvalue weighted by Crippen LogP contribution is 2.31. The Bertz CT molecular complexity index is 515. The number of nitrogens with one attached hydrogen (secondary N) is 1. The molecule has 0 saturated carbocycles. The lowest BCUT2D eigenvalue weighted by Gasteiger charge is -2.17. The molecule has 0 amide bonds. The average molecular weight is 327 g/mol. The van der Waals surface area contributed by atoms with E-state index in [9.17, 15) is 0 Å². The fraction of sp³-hybridized carbons (Fsp3) is 0.231. The van der Waals surface area contributed by atoms with Crippen LogP contribution in [0.1, 0.15) is 17.2 Å². The van der Waals surface area contributed by atoms with Crippen molar-refractivity contribution < 1.29 is 4.74 Å². The van der Waals surface area contributed by atoms with Gasteiger partial charge < -0.3 is 4.74 Å². The Kier molecular flexibility index (Phi) is 4.77. The number of hydrazine groups is 1. The van der Waals surface area contributed by atoms with Gasteiger partial charge >= 0.3 is 0 Å². The van der Waals surface area contributed by atoms with Crippen LogP contribution in [0.5, 0.6) is 5.75 Å². The lowest BCUT2D eigenvalue weighted by molar-refractivity contribution is 0.405. The fourth-order valence-corrected chi connectivity index (χ4v) is 3.52. The molecule has 1 atom stereocenters. The van der Waals surface area contributed by atoms with Crippen molar-refractivity contribution in [2.24, 2.45) is 5.84 Å². The first-order chi connectivity index (χ1) is 8.76. The first kappa shape index (κ1) is 13.5. The summed E-state index contributed by atoms with van der Waals surface area (Å²) in [5, 5.41) is 4.16. The lowest BCUT2D eigenvalue weighted by Crippen LogP contribution is -2.29. The molecule has 0 spiro atoms. The van der Waals surface area contributed by atoms with E-state index in [1.807, 2.05) is 18.2 Å². The molecule has 0 aliphatic heterocycles. The molecule has 2 aromatic rings. The molecule has 1 unspecified atom stereocenters. The molecule has 5 heteroatoms. The van der Waals surface area contributed by atoms with Crippen LogP contribution < -0.4 is 16.0 Å². The van der Waals surface area contributed by atoms with Crippen LogP contribution in [0.2, 0.25) is 0 Å². The fourth-order valence-electron chi connectivity index (χ4n) is 1.89. The van der Waals surface area contributed by atoms with Crippen LogP contribution in [0.25, 0.3) is 0 Å². The van der Waals surface area contributed by atoms with Crippen LogP contribution >= 0.6 is 27.3 Å². The Morgan fingerprint density at radius 1 is 1.39 bits per heavy atom. The van der Waals surface area contributed by atoms with Gasteiger partial charge in [0, 0.05) is 9.85 Å². The van der Waals surface area contributed by atoms with Gasteiger partial charge in [0.15, 0.2) is 0 Å². The Balaban J connectivity index is 2.23. The standard InChI is InChI=1S/C13H15BrN2OS/c1-17-13-5-3-2-4-9(13)6-12(16-15)10-7-18-8-11(10)14/h2-5,7-8,12,16H,6,15H2,1H3. The molecule has 0 radical (unpaired) electrons. The van der Waals surface area contributed by atoms with E-state index in [2.05, 4.69) is 38.2 Å². The van der Waals surface area contributed by atoms with Gasteiger partial charge in [0.1, 0.15) is 5.75 Å². The van der Waals surface area contributed by atoms with Crippen molar-refractivity contribution in [3.05, 3.63) is 50.6 Å². The summed E-state index contributed by atoms with van der Waals surface area (Å²) in [5.74, 6) is 6.56. The zero-order chi connectivity index (χ0) is 13.0. The van der Waals surface area contributed by atoms with Crippen LogP contribution in [-0.4, -0.2) is 7.11 Å². The summed E-state index contributed by atoms with van der Waals surface area (Å²) in [6.45, 7) is 0. The van der Waals surface area contributed by atoms with E-state index in [0.717, 1.165) is 22.2 Å². The maximum Gasteiger partial charge on any atom is 0.122 e. The largest absolute Gasteiger partial charge is 0.496 e. The molecule has 3 N–H and O–H groups in total. The van der Waals surface area contributed by atoms with E-state index in [1.165, 1.54) is 5.56 Å². The van der Waals surface area contributed by atoms with Crippen LogP contribution in [0.15, 0.2) is 39.5 Å². The summed E-state index contributed by atoms with van der Waals surface area (Å²) in [4.78, 5) is 0. The predicted octanol–water partition coefficient (Wildman–Crippen LogP) is 3.27. The van der Waals surface area contributed by atoms with Gasteiger partial charge in [0.05, 0.1) is 13.2 Å². The number of para-hydroxylation sites is 1. The van der Waals surface area contributed by atoms with Crippen LogP contribution in [0.4, 0.5) is 0 Å². The quantitative estimate of drug-likeness (QED) is 0.654. The Morgan fingerprint density at radius 2 is 2.17 bits per heavy atom. The zero-order valence-corrected chi connectivity index (χ0v) is 12.4. The number of nitrogens with two attached hydrogens (primary N) is 1. The number of halogens is 1. The summed E-state index contributed by atoms with van der Waals surface area (Å²) in [7, 11) is 1.68. The average Bonchev–Trinajstić information content (AvgIpc) is 2.82. The molecule has 2 rings (SSSR count). The van der Waals surface area contributed by atoms with Crippen LogP contribution in [0.3, 0.4) is 0 Å². The molecular weight excluding hydrogens is 312 g/mol. The molecule has 0 aliphatic rings. The maximum atomic E-state index is 5.67.